The Morgan fingerprint density at radius 3 is 2.61 bits per heavy atom. The van der Waals surface area contributed by atoms with Gasteiger partial charge in [0.2, 0.25) is 17.7 Å². The monoisotopic (exact) mass is 632 g/mol. The Kier molecular flexibility index (Phi) is 11.4. The van der Waals surface area contributed by atoms with E-state index in [9.17, 15) is 29.1 Å². The molecule has 1 aromatic heterocycles. The molecule has 2 atom stereocenters. The molecule has 8 N–H and O–H groups in total. The van der Waals surface area contributed by atoms with Crippen molar-refractivity contribution < 1.29 is 33.8 Å². The molecule has 1 aliphatic rings. The maximum absolute atomic E-state index is 13.4. The summed E-state index contributed by atoms with van der Waals surface area (Å²) in [6.07, 6.45) is 1.93. The predicted molar refractivity (Wildman–Crippen MR) is 166 cm³/mol. The number of aromatic hydroxyl groups is 1. The van der Waals surface area contributed by atoms with Gasteiger partial charge in [0.15, 0.2) is 5.96 Å². The van der Waals surface area contributed by atoms with Crippen LogP contribution in [0.2, 0.25) is 0 Å². The quantitative estimate of drug-likeness (QED) is 0.0846. The van der Waals surface area contributed by atoms with Crippen molar-refractivity contribution in [2.75, 3.05) is 19.6 Å². The molecule has 3 aromatic rings. The summed E-state index contributed by atoms with van der Waals surface area (Å²) in [5.41, 5.74) is 6.40. The fourth-order valence-corrected chi connectivity index (χ4v) is 5.05. The average molecular weight is 633 g/mol. The molecular weight excluding hydrogens is 596 g/mol. The van der Waals surface area contributed by atoms with Crippen molar-refractivity contribution in [2.45, 2.75) is 44.4 Å². The van der Waals surface area contributed by atoms with E-state index in [1.807, 2.05) is 18.2 Å². The zero-order chi connectivity index (χ0) is 33.1. The summed E-state index contributed by atoms with van der Waals surface area (Å²) >= 11 is 0. The molecule has 15 nitrogen and oxygen atoms in total. The van der Waals surface area contributed by atoms with Crippen molar-refractivity contribution >= 4 is 46.6 Å². The lowest BCUT2D eigenvalue weighted by Crippen LogP contribution is -2.54. The largest absolute Gasteiger partial charge is 0.506 e. The molecule has 46 heavy (non-hydrogen) atoms. The standard InChI is InChI=1S/C31H36N8O7/c32-30(33)35-15-5-10-22(28(43)38-27(42)21-12-13-24(40)26-20(21)9-4-14-34-26)37-29(44)23-11-6-16-39(23)25(41)17-36-31(45)46-18-19-7-2-1-3-8-19/h1-4,7-9,12-14,22-23,40H,5-6,10-11,15-18H2,(H,36,45)(H,37,44)(H4,32,33,35)(H,38,42,43)/t22-,23-/m0/s1. The fourth-order valence-electron chi connectivity index (χ4n) is 5.05. The Morgan fingerprint density at radius 2 is 1.85 bits per heavy atom. The molecule has 2 heterocycles. The van der Waals surface area contributed by atoms with Crippen LogP contribution in [0.5, 0.6) is 5.75 Å². The molecule has 4 rings (SSSR count). The fraction of sp³-hybridized carbons (Fsp3) is 0.323. The normalized spacial score (nSPS) is 14.6. The molecule has 5 amide bonds. The second kappa shape index (κ2) is 15.8. The minimum Gasteiger partial charge on any atom is -0.506 e. The Balaban J connectivity index is 1.38. The number of alkyl carbamates (subject to hydrolysis) is 1. The van der Waals surface area contributed by atoms with Crippen molar-refractivity contribution in [1.29, 1.82) is 5.41 Å². The first-order valence-corrected chi connectivity index (χ1v) is 14.7. The summed E-state index contributed by atoms with van der Waals surface area (Å²) in [7, 11) is 0. The number of imide groups is 1. The number of phenols is 1. The van der Waals surface area contributed by atoms with E-state index in [0.717, 1.165) is 5.56 Å². The van der Waals surface area contributed by atoms with Crippen LogP contribution in [0.25, 0.3) is 10.9 Å². The third-order valence-corrected chi connectivity index (χ3v) is 7.32. The van der Waals surface area contributed by atoms with Gasteiger partial charge in [0.05, 0.1) is 0 Å². The number of hydrogen-bond donors (Lipinski definition) is 7. The van der Waals surface area contributed by atoms with Crippen LogP contribution >= 0.6 is 0 Å². The lowest BCUT2D eigenvalue weighted by atomic mass is 10.1. The Bertz CT molecular complexity index is 1600. The molecule has 1 saturated heterocycles. The number of rotatable bonds is 12. The van der Waals surface area contributed by atoms with Crippen LogP contribution in [-0.2, 0) is 25.7 Å². The number of carbonyl (C=O) groups is 5. The summed E-state index contributed by atoms with van der Waals surface area (Å²) in [4.78, 5) is 70.3. The van der Waals surface area contributed by atoms with Gasteiger partial charge in [-0.15, -0.1) is 0 Å². The van der Waals surface area contributed by atoms with Gasteiger partial charge in [-0.05, 0) is 49.4 Å². The number of amides is 5. The van der Waals surface area contributed by atoms with Crippen molar-refractivity contribution in [3.8, 4) is 5.75 Å². The van der Waals surface area contributed by atoms with Crippen molar-refractivity contribution in [1.82, 2.24) is 31.2 Å². The maximum Gasteiger partial charge on any atom is 0.407 e. The Hall–Kier alpha value is -5.73. The Morgan fingerprint density at radius 1 is 1.07 bits per heavy atom. The van der Waals surface area contributed by atoms with E-state index in [2.05, 4.69) is 26.3 Å². The van der Waals surface area contributed by atoms with Gasteiger partial charge in [-0.2, -0.15) is 0 Å². The summed E-state index contributed by atoms with van der Waals surface area (Å²) in [5.74, 6) is -3.02. The van der Waals surface area contributed by atoms with E-state index in [-0.39, 0.29) is 55.5 Å². The van der Waals surface area contributed by atoms with Crippen LogP contribution in [-0.4, -0.2) is 82.4 Å². The molecule has 1 aliphatic heterocycles. The van der Waals surface area contributed by atoms with Gasteiger partial charge < -0.3 is 36.4 Å². The van der Waals surface area contributed by atoms with Crippen LogP contribution in [0, 0.1) is 5.41 Å². The van der Waals surface area contributed by atoms with E-state index >= 15 is 0 Å². The zero-order valence-electron chi connectivity index (χ0n) is 25.0. The lowest BCUT2D eigenvalue weighted by Gasteiger charge is -2.26. The van der Waals surface area contributed by atoms with Crippen LogP contribution in [0.4, 0.5) is 4.79 Å². The average Bonchev–Trinajstić information content (AvgIpc) is 3.55. The number of fused-ring (bicyclic) bond motifs is 1. The van der Waals surface area contributed by atoms with Crippen molar-refractivity contribution in [3.63, 3.8) is 0 Å². The molecular formula is C31H36N8O7. The topological polar surface area (TPSA) is 229 Å². The van der Waals surface area contributed by atoms with Gasteiger partial charge in [0, 0.05) is 30.2 Å². The maximum atomic E-state index is 13.4. The van der Waals surface area contributed by atoms with Crippen LogP contribution in [0.1, 0.15) is 41.6 Å². The van der Waals surface area contributed by atoms with E-state index in [0.29, 0.717) is 24.6 Å². The second-order valence-corrected chi connectivity index (χ2v) is 10.6. The number of carbonyl (C=O) groups excluding carboxylic acids is 5. The number of guanidine groups is 1. The molecule has 0 aliphatic carbocycles. The highest BCUT2D eigenvalue weighted by molar-refractivity contribution is 6.13. The molecule has 1 fully saturated rings. The van der Waals surface area contributed by atoms with Crippen molar-refractivity contribution in [3.05, 3.63) is 71.9 Å². The first-order valence-electron chi connectivity index (χ1n) is 14.7. The van der Waals surface area contributed by atoms with Crippen molar-refractivity contribution in [2.24, 2.45) is 5.73 Å². The second-order valence-electron chi connectivity index (χ2n) is 10.6. The smallest absolute Gasteiger partial charge is 0.407 e. The number of phenolic OH excluding ortho intramolecular Hbond substituents is 1. The summed E-state index contributed by atoms with van der Waals surface area (Å²) in [6, 6.07) is 12.8. The highest BCUT2D eigenvalue weighted by Gasteiger charge is 2.36. The van der Waals surface area contributed by atoms with Crippen LogP contribution in [0.3, 0.4) is 0 Å². The third-order valence-electron chi connectivity index (χ3n) is 7.32. The number of nitrogens with one attached hydrogen (secondary N) is 5. The molecule has 0 unspecified atom stereocenters. The number of pyridine rings is 1. The molecule has 2 aromatic carbocycles. The molecule has 0 bridgehead atoms. The van der Waals surface area contributed by atoms with Gasteiger partial charge in [-0.25, -0.2) is 4.79 Å². The molecule has 0 spiro atoms. The molecule has 0 saturated carbocycles. The predicted octanol–water partition coefficient (Wildman–Crippen LogP) is 0.862. The van der Waals surface area contributed by atoms with E-state index < -0.39 is 41.8 Å². The third kappa shape index (κ3) is 8.90. The molecule has 242 valence electrons. The highest BCUT2D eigenvalue weighted by atomic mass is 16.5. The lowest BCUT2D eigenvalue weighted by molar-refractivity contribution is -0.138. The zero-order valence-corrected chi connectivity index (χ0v) is 25.0. The minimum absolute atomic E-state index is 0.0311. The molecule has 0 radical (unpaired) electrons. The van der Waals surface area contributed by atoms with Gasteiger partial charge in [0.25, 0.3) is 5.91 Å². The summed E-state index contributed by atoms with van der Waals surface area (Å²) < 4.78 is 5.13. The molecule has 15 heteroatoms. The highest BCUT2D eigenvalue weighted by Crippen LogP contribution is 2.25. The summed E-state index contributed by atoms with van der Waals surface area (Å²) in [6.45, 7) is 0.153. The Labute approximate surface area is 264 Å². The van der Waals surface area contributed by atoms with Gasteiger partial charge in [-0.1, -0.05) is 36.4 Å². The van der Waals surface area contributed by atoms with Gasteiger partial charge in [-0.3, -0.25) is 34.9 Å². The number of benzene rings is 2. The van der Waals surface area contributed by atoms with Gasteiger partial charge in [0.1, 0.15) is 36.5 Å². The first kappa shape index (κ1) is 33.2. The number of nitrogens with two attached hydrogens (primary N) is 1. The van der Waals surface area contributed by atoms with E-state index in [1.54, 1.807) is 24.3 Å². The number of hydrogen-bond acceptors (Lipinski definition) is 9. The number of nitrogens with zero attached hydrogens (tertiary/aromatic N) is 2. The number of ether oxygens (including phenoxy) is 1. The number of aromatic nitrogens is 1. The van der Waals surface area contributed by atoms with Gasteiger partial charge >= 0.3 is 6.09 Å². The van der Waals surface area contributed by atoms with E-state index in [1.165, 1.54) is 23.2 Å². The number of likely N-dealkylation sites (tertiary alicyclic amines) is 1. The van der Waals surface area contributed by atoms with E-state index in [4.69, 9.17) is 15.9 Å². The van der Waals surface area contributed by atoms with Crippen LogP contribution < -0.4 is 27.0 Å². The summed E-state index contributed by atoms with van der Waals surface area (Å²) in [5, 5.41) is 27.8. The van der Waals surface area contributed by atoms with Crippen LogP contribution in [0.15, 0.2) is 60.8 Å². The first-order chi connectivity index (χ1) is 22.1. The minimum atomic E-state index is -1.17. The SMILES string of the molecule is N=C(N)NCCC[C@H](NC(=O)[C@@H]1CCCN1C(=O)CNC(=O)OCc1ccccc1)C(=O)NC(=O)c1ccc(O)c2ncccc12.